The smallest absolute Gasteiger partial charge is 0.253 e. The van der Waals surface area contributed by atoms with Gasteiger partial charge in [0.1, 0.15) is 11.5 Å². The molecule has 1 aliphatic rings. The zero-order chi connectivity index (χ0) is 20.6. The number of unbranched alkanes of at least 4 members (excludes halogenated alkanes) is 1. The summed E-state index contributed by atoms with van der Waals surface area (Å²) in [5.41, 5.74) is 1.27. The molecule has 1 heterocycles. The summed E-state index contributed by atoms with van der Waals surface area (Å²) in [7, 11) is 1.60. The van der Waals surface area contributed by atoms with Gasteiger partial charge in [0, 0.05) is 37.3 Å². The van der Waals surface area contributed by atoms with Crippen molar-refractivity contribution >= 4 is 11.8 Å². The molecule has 0 aliphatic carbocycles. The van der Waals surface area contributed by atoms with Gasteiger partial charge in [-0.25, -0.2) is 0 Å². The van der Waals surface area contributed by atoms with Crippen LogP contribution < -0.4 is 9.47 Å². The average Bonchev–Trinajstić information content (AvgIpc) is 2.79. The minimum atomic E-state index is -0.0201. The molecular formula is C23H28N2O4. The molecule has 0 atom stereocenters. The van der Waals surface area contributed by atoms with Crippen LogP contribution in [0.25, 0.3) is 0 Å². The Morgan fingerprint density at radius 2 is 1.24 bits per heavy atom. The van der Waals surface area contributed by atoms with Crippen LogP contribution in [0.3, 0.4) is 0 Å². The van der Waals surface area contributed by atoms with Gasteiger partial charge in [0.2, 0.25) is 0 Å². The monoisotopic (exact) mass is 396 g/mol. The molecule has 6 heteroatoms. The molecule has 154 valence electrons. The Morgan fingerprint density at radius 3 is 1.66 bits per heavy atom. The maximum absolute atomic E-state index is 12.8. The molecule has 1 fully saturated rings. The second kappa shape index (κ2) is 9.96. The van der Waals surface area contributed by atoms with Crippen molar-refractivity contribution in [1.82, 2.24) is 9.80 Å². The molecule has 2 aromatic carbocycles. The van der Waals surface area contributed by atoms with E-state index in [1.54, 1.807) is 53.3 Å². The summed E-state index contributed by atoms with van der Waals surface area (Å²) < 4.78 is 10.8. The molecule has 0 spiro atoms. The number of methoxy groups -OCH3 is 1. The SMILES string of the molecule is CCCCOc1ccc(C(=O)N2CCN(C(=O)c3ccc(OC)cc3)CC2)cc1. The van der Waals surface area contributed by atoms with Crippen molar-refractivity contribution in [3.8, 4) is 11.5 Å². The molecular weight excluding hydrogens is 368 g/mol. The van der Waals surface area contributed by atoms with Crippen LogP contribution in [-0.2, 0) is 0 Å². The van der Waals surface area contributed by atoms with Gasteiger partial charge in [0.15, 0.2) is 0 Å². The first kappa shape index (κ1) is 20.7. The molecule has 29 heavy (non-hydrogen) atoms. The minimum absolute atomic E-state index is 0.0124. The number of carbonyl (C=O) groups excluding carboxylic acids is 2. The van der Waals surface area contributed by atoms with Crippen LogP contribution in [0.2, 0.25) is 0 Å². The van der Waals surface area contributed by atoms with Crippen LogP contribution in [0, 0.1) is 0 Å². The Kier molecular flexibility index (Phi) is 7.11. The molecule has 0 radical (unpaired) electrons. The summed E-state index contributed by atoms with van der Waals surface area (Å²) in [6.07, 6.45) is 2.10. The lowest BCUT2D eigenvalue weighted by molar-refractivity contribution is 0.0535. The Bertz CT molecular complexity index is 810. The average molecular weight is 396 g/mol. The molecule has 0 aromatic heterocycles. The van der Waals surface area contributed by atoms with Gasteiger partial charge in [0.25, 0.3) is 11.8 Å². The van der Waals surface area contributed by atoms with Gasteiger partial charge in [-0.2, -0.15) is 0 Å². The minimum Gasteiger partial charge on any atom is -0.497 e. The summed E-state index contributed by atoms with van der Waals surface area (Å²) in [6.45, 7) is 4.90. The van der Waals surface area contributed by atoms with Crippen LogP contribution >= 0.6 is 0 Å². The van der Waals surface area contributed by atoms with Crippen LogP contribution in [0.15, 0.2) is 48.5 Å². The quantitative estimate of drug-likeness (QED) is 0.673. The molecule has 1 saturated heterocycles. The number of ether oxygens (including phenoxy) is 2. The number of carbonyl (C=O) groups is 2. The first-order valence-corrected chi connectivity index (χ1v) is 10.1. The third-order valence-corrected chi connectivity index (χ3v) is 5.06. The highest BCUT2D eigenvalue weighted by Gasteiger charge is 2.25. The van der Waals surface area contributed by atoms with Gasteiger partial charge in [-0.05, 0) is 55.0 Å². The Morgan fingerprint density at radius 1 is 0.793 bits per heavy atom. The van der Waals surface area contributed by atoms with Gasteiger partial charge < -0.3 is 19.3 Å². The number of rotatable bonds is 7. The van der Waals surface area contributed by atoms with E-state index in [4.69, 9.17) is 9.47 Å². The fourth-order valence-corrected chi connectivity index (χ4v) is 3.24. The van der Waals surface area contributed by atoms with E-state index in [-0.39, 0.29) is 11.8 Å². The fourth-order valence-electron chi connectivity index (χ4n) is 3.24. The maximum atomic E-state index is 12.8. The lowest BCUT2D eigenvalue weighted by atomic mass is 10.1. The van der Waals surface area contributed by atoms with Crippen molar-refractivity contribution < 1.29 is 19.1 Å². The molecule has 0 unspecified atom stereocenters. The third kappa shape index (κ3) is 5.28. The molecule has 3 rings (SSSR count). The zero-order valence-corrected chi connectivity index (χ0v) is 17.1. The van der Waals surface area contributed by atoms with E-state index in [0.29, 0.717) is 43.9 Å². The van der Waals surface area contributed by atoms with Gasteiger partial charge in [-0.3, -0.25) is 9.59 Å². The van der Waals surface area contributed by atoms with Crippen molar-refractivity contribution in [1.29, 1.82) is 0 Å². The van der Waals surface area contributed by atoms with Crippen molar-refractivity contribution in [2.75, 3.05) is 39.9 Å². The predicted molar refractivity (Wildman–Crippen MR) is 112 cm³/mol. The number of piperazine rings is 1. The van der Waals surface area contributed by atoms with Gasteiger partial charge >= 0.3 is 0 Å². The summed E-state index contributed by atoms with van der Waals surface area (Å²) >= 11 is 0. The largest absolute Gasteiger partial charge is 0.497 e. The molecule has 0 N–H and O–H groups in total. The number of hydrogen-bond donors (Lipinski definition) is 0. The molecule has 6 nitrogen and oxygen atoms in total. The van der Waals surface area contributed by atoms with E-state index >= 15 is 0 Å². The second-order valence-electron chi connectivity index (χ2n) is 7.04. The third-order valence-electron chi connectivity index (χ3n) is 5.06. The molecule has 2 amide bonds. The Balaban J connectivity index is 1.52. The van der Waals surface area contributed by atoms with Crippen LogP contribution in [0.5, 0.6) is 11.5 Å². The number of benzene rings is 2. The molecule has 0 bridgehead atoms. The predicted octanol–water partition coefficient (Wildman–Crippen LogP) is 3.47. The Hall–Kier alpha value is -3.02. The molecule has 0 saturated carbocycles. The molecule has 1 aliphatic heterocycles. The summed E-state index contributed by atoms with van der Waals surface area (Å²) in [5.74, 6) is 1.47. The lowest BCUT2D eigenvalue weighted by Crippen LogP contribution is -2.50. The van der Waals surface area contributed by atoms with Gasteiger partial charge in [-0.1, -0.05) is 13.3 Å². The highest BCUT2D eigenvalue weighted by Crippen LogP contribution is 2.17. The van der Waals surface area contributed by atoms with Crippen molar-refractivity contribution in [3.63, 3.8) is 0 Å². The van der Waals surface area contributed by atoms with E-state index in [2.05, 4.69) is 6.92 Å². The second-order valence-corrected chi connectivity index (χ2v) is 7.04. The topological polar surface area (TPSA) is 59.1 Å². The van der Waals surface area contributed by atoms with Crippen LogP contribution in [0.4, 0.5) is 0 Å². The number of amides is 2. The van der Waals surface area contributed by atoms with Crippen LogP contribution in [-0.4, -0.2) is 61.5 Å². The number of hydrogen-bond acceptors (Lipinski definition) is 4. The standard InChI is InChI=1S/C23H28N2O4/c1-3-4-17-29-21-11-7-19(8-12-21)23(27)25-15-13-24(14-16-25)22(26)18-5-9-20(28-2)10-6-18/h5-12H,3-4,13-17H2,1-2H3. The fraction of sp³-hybridized carbons (Fsp3) is 0.391. The van der Waals surface area contributed by atoms with Crippen molar-refractivity contribution in [2.24, 2.45) is 0 Å². The van der Waals surface area contributed by atoms with E-state index < -0.39 is 0 Å². The van der Waals surface area contributed by atoms with Crippen molar-refractivity contribution in [3.05, 3.63) is 59.7 Å². The normalized spacial score (nSPS) is 13.9. The highest BCUT2D eigenvalue weighted by atomic mass is 16.5. The lowest BCUT2D eigenvalue weighted by Gasteiger charge is -2.35. The van der Waals surface area contributed by atoms with E-state index in [1.807, 2.05) is 12.1 Å². The maximum Gasteiger partial charge on any atom is 0.253 e. The van der Waals surface area contributed by atoms with E-state index in [0.717, 1.165) is 24.3 Å². The first-order valence-electron chi connectivity index (χ1n) is 10.1. The summed E-state index contributed by atoms with van der Waals surface area (Å²) in [4.78, 5) is 29.0. The zero-order valence-electron chi connectivity index (χ0n) is 17.1. The van der Waals surface area contributed by atoms with Gasteiger partial charge in [-0.15, -0.1) is 0 Å². The van der Waals surface area contributed by atoms with Crippen LogP contribution in [0.1, 0.15) is 40.5 Å². The summed E-state index contributed by atoms with van der Waals surface area (Å²) in [6, 6.07) is 14.4. The van der Waals surface area contributed by atoms with Gasteiger partial charge in [0.05, 0.1) is 13.7 Å². The number of nitrogens with zero attached hydrogens (tertiary/aromatic N) is 2. The molecule has 2 aromatic rings. The highest BCUT2D eigenvalue weighted by molar-refractivity contribution is 5.96. The first-order chi connectivity index (χ1) is 14.1. The summed E-state index contributed by atoms with van der Waals surface area (Å²) in [5, 5.41) is 0. The Labute approximate surface area is 172 Å². The van der Waals surface area contributed by atoms with E-state index in [9.17, 15) is 9.59 Å². The van der Waals surface area contributed by atoms with E-state index in [1.165, 1.54) is 0 Å². The van der Waals surface area contributed by atoms with Crippen molar-refractivity contribution in [2.45, 2.75) is 19.8 Å².